The Morgan fingerprint density at radius 1 is 1.19 bits per heavy atom. The Morgan fingerprint density at radius 3 is 2.85 bits per heavy atom. The lowest BCUT2D eigenvalue weighted by molar-refractivity contribution is 0.0916. The summed E-state index contributed by atoms with van der Waals surface area (Å²) < 4.78 is 6.71. The molecule has 0 aliphatic carbocycles. The molecule has 0 aliphatic rings. The summed E-state index contributed by atoms with van der Waals surface area (Å²) >= 11 is 6.64. The first-order valence-corrected chi connectivity index (χ1v) is 9.70. The second-order valence-corrected chi connectivity index (χ2v) is 7.13. The summed E-state index contributed by atoms with van der Waals surface area (Å²) in [4.78, 5) is 16.7. The maximum atomic E-state index is 12.2. The van der Waals surface area contributed by atoms with Crippen molar-refractivity contribution in [1.29, 1.82) is 0 Å². The molecule has 0 aliphatic heterocycles. The summed E-state index contributed by atoms with van der Waals surface area (Å²) in [6, 6.07) is 11.2. The molecule has 0 fully saturated rings. The molecule has 0 spiro atoms. The van der Waals surface area contributed by atoms with E-state index in [1.807, 2.05) is 24.3 Å². The Labute approximate surface area is 161 Å². The molecular formula is C18H20N4O2S2. The summed E-state index contributed by atoms with van der Waals surface area (Å²) in [5.74, 6) is 0.368. The minimum Gasteiger partial charge on any atom is -0.448 e. The molecule has 26 heavy (non-hydrogen) atoms. The Morgan fingerprint density at radius 2 is 2.04 bits per heavy atom. The van der Waals surface area contributed by atoms with Gasteiger partial charge in [-0.3, -0.25) is 15.6 Å². The second-order valence-electron chi connectivity index (χ2n) is 5.69. The summed E-state index contributed by atoms with van der Waals surface area (Å²) in [6.45, 7) is 2.92. The van der Waals surface area contributed by atoms with Gasteiger partial charge in [0.1, 0.15) is 0 Å². The van der Waals surface area contributed by atoms with Crippen LogP contribution in [0.2, 0.25) is 0 Å². The number of rotatable bonds is 6. The standard InChI is InChI=1S/C18H20N4O2S2/c1-2-3-6-11-19-18(25)22-21-16(23)13-9-10-14(24-13)17-20-12-7-4-5-8-15(12)26-17/h4-5,7-10H,2-3,6,11H2,1H3,(H,21,23)(H2,19,22,25). The van der Waals surface area contributed by atoms with E-state index in [0.29, 0.717) is 10.9 Å². The number of nitrogens with zero attached hydrogens (tertiary/aromatic N) is 1. The van der Waals surface area contributed by atoms with E-state index in [2.05, 4.69) is 28.1 Å². The number of fused-ring (bicyclic) bond motifs is 1. The lowest BCUT2D eigenvalue weighted by atomic mass is 10.2. The number of benzene rings is 1. The third-order valence-corrected chi connectivity index (χ3v) is 4.99. The SMILES string of the molecule is CCCCCNC(=S)NNC(=O)c1ccc(-c2nc3ccccc3s2)o1. The number of carbonyl (C=O) groups excluding carboxylic acids is 1. The predicted octanol–water partition coefficient (Wildman–Crippen LogP) is 3.86. The minimum atomic E-state index is -0.393. The van der Waals surface area contributed by atoms with E-state index in [-0.39, 0.29) is 5.76 Å². The van der Waals surface area contributed by atoms with Crippen LogP contribution in [0, 0.1) is 0 Å². The summed E-state index contributed by atoms with van der Waals surface area (Å²) in [5, 5.41) is 4.16. The van der Waals surface area contributed by atoms with Gasteiger partial charge in [0.15, 0.2) is 21.6 Å². The molecule has 2 aromatic heterocycles. The second kappa shape index (κ2) is 8.77. The molecule has 0 bridgehead atoms. The van der Waals surface area contributed by atoms with E-state index < -0.39 is 5.91 Å². The lowest BCUT2D eigenvalue weighted by Crippen LogP contribution is -2.46. The van der Waals surface area contributed by atoms with E-state index in [4.69, 9.17) is 16.6 Å². The third kappa shape index (κ3) is 4.59. The normalized spacial score (nSPS) is 10.7. The third-order valence-electron chi connectivity index (χ3n) is 3.69. The van der Waals surface area contributed by atoms with Gasteiger partial charge in [0, 0.05) is 6.54 Å². The van der Waals surface area contributed by atoms with Crippen LogP contribution in [0.1, 0.15) is 36.7 Å². The molecule has 3 aromatic rings. The summed E-state index contributed by atoms with van der Waals surface area (Å²) in [6.07, 6.45) is 3.33. The van der Waals surface area contributed by atoms with E-state index in [1.165, 1.54) is 11.3 Å². The van der Waals surface area contributed by atoms with E-state index in [0.717, 1.165) is 41.0 Å². The van der Waals surface area contributed by atoms with Crippen LogP contribution in [0.4, 0.5) is 0 Å². The monoisotopic (exact) mass is 388 g/mol. The van der Waals surface area contributed by atoms with Crippen molar-refractivity contribution in [3.63, 3.8) is 0 Å². The number of nitrogens with one attached hydrogen (secondary N) is 3. The molecular weight excluding hydrogens is 368 g/mol. The van der Waals surface area contributed by atoms with E-state index in [9.17, 15) is 4.79 Å². The van der Waals surface area contributed by atoms with Crippen molar-refractivity contribution in [2.24, 2.45) is 0 Å². The van der Waals surface area contributed by atoms with Crippen molar-refractivity contribution >= 4 is 44.8 Å². The van der Waals surface area contributed by atoms with Gasteiger partial charge >= 0.3 is 5.91 Å². The van der Waals surface area contributed by atoms with Gasteiger partial charge in [-0.1, -0.05) is 31.9 Å². The van der Waals surface area contributed by atoms with Gasteiger partial charge in [0.25, 0.3) is 0 Å². The van der Waals surface area contributed by atoms with E-state index in [1.54, 1.807) is 12.1 Å². The van der Waals surface area contributed by atoms with Crippen molar-refractivity contribution in [1.82, 2.24) is 21.2 Å². The molecule has 2 heterocycles. The first-order chi connectivity index (χ1) is 12.7. The molecule has 1 amide bonds. The molecule has 3 rings (SSSR count). The van der Waals surface area contributed by atoms with Gasteiger partial charge in [-0.05, 0) is 42.9 Å². The van der Waals surface area contributed by atoms with Crippen molar-refractivity contribution in [3.8, 4) is 10.8 Å². The highest BCUT2D eigenvalue weighted by Crippen LogP contribution is 2.30. The van der Waals surface area contributed by atoms with Gasteiger partial charge in [0.05, 0.1) is 10.2 Å². The van der Waals surface area contributed by atoms with Gasteiger partial charge in [-0.2, -0.15) is 0 Å². The van der Waals surface area contributed by atoms with Gasteiger partial charge in [-0.25, -0.2) is 4.98 Å². The van der Waals surface area contributed by atoms with Crippen LogP contribution in [0.25, 0.3) is 21.0 Å². The number of hydrazine groups is 1. The predicted molar refractivity (Wildman–Crippen MR) is 108 cm³/mol. The van der Waals surface area contributed by atoms with E-state index >= 15 is 0 Å². The van der Waals surface area contributed by atoms with Crippen LogP contribution < -0.4 is 16.2 Å². The Balaban J connectivity index is 1.55. The molecule has 6 nitrogen and oxygen atoms in total. The first-order valence-electron chi connectivity index (χ1n) is 8.47. The number of furan rings is 1. The summed E-state index contributed by atoms with van der Waals surface area (Å²) in [7, 11) is 0. The average Bonchev–Trinajstić information content (AvgIpc) is 3.29. The largest absolute Gasteiger partial charge is 0.448 e. The maximum absolute atomic E-state index is 12.2. The van der Waals surface area contributed by atoms with Crippen LogP contribution in [0.5, 0.6) is 0 Å². The van der Waals surface area contributed by atoms with Crippen molar-refractivity contribution in [2.75, 3.05) is 6.54 Å². The molecule has 1 aromatic carbocycles. The highest BCUT2D eigenvalue weighted by molar-refractivity contribution is 7.80. The van der Waals surface area contributed by atoms with Crippen LogP contribution in [-0.4, -0.2) is 22.5 Å². The number of hydrogen-bond acceptors (Lipinski definition) is 5. The Hall–Kier alpha value is -2.45. The number of para-hydroxylation sites is 1. The van der Waals surface area contributed by atoms with Crippen LogP contribution >= 0.6 is 23.6 Å². The molecule has 0 saturated carbocycles. The molecule has 0 saturated heterocycles. The first kappa shape index (κ1) is 18.3. The number of thiocarbonyl (C=S) groups is 1. The number of hydrogen-bond donors (Lipinski definition) is 3. The van der Waals surface area contributed by atoms with Gasteiger partial charge < -0.3 is 9.73 Å². The maximum Gasteiger partial charge on any atom is 0.305 e. The number of amides is 1. The summed E-state index contributed by atoms with van der Waals surface area (Å²) in [5.41, 5.74) is 6.12. The number of aromatic nitrogens is 1. The highest BCUT2D eigenvalue weighted by Gasteiger charge is 2.15. The minimum absolute atomic E-state index is 0.195. The lowest BCUT2D eigenvalue weighted by Gasteiger charge is -2.10. The topological polar surface area (TPSA) is 79.2 Å². The number of unbranched alkanes of at least 4 members (excludes halogenated alkanes) is 2. The zero-order valence-corrected chi connectivity index (χ0v) is 16.0. The van der Waals surface area contributed by atoms with Gasteiger partial charge in [-0.15, -0.1) is 11.3 Å². The molecule has 3 N–H and O–H groups in total. The van der Waals surface area contributed by atoms with Crippen molar-refractivity contribution in [2.45, 2.75) is 26.2 Å². The smallest absolute Gasteiger partial charge is 0.305 e. The fourth-order valence-electron chi connectivity index (χ4n) is 2.35. The number of thiazole rings is 1. The number of carbonyl (C=O) groups is 1. The van der Waals surface area contributed by atoms with Crippen LogP contribution in [0.3, 0.4) is 0 Å². The Bertz CT molecular complexity index is 870. The van der Waals surface area contributed by atoms with Crippen LogP contribution in [0.15, 0.2) is 40.8 Å². The fraction of sp³-hybridized carbons (Fsp3) is 0.278. The zero-order chi connectivity index (χ0) is 18.4. The highest BCUT2D eigenvalue weighted by atomic mass is 32.1. The molecule has 136 valence electrons. The fourth-order valence-corrected chi connectivity index (χ4v) is 3.43. The van der Waals surface area contributed by atoms with Crippen LogP contribution in [-0.2, 0) is 0 Å². The van der Waals surface area contributed by atoms with Crippen molar-refractivity contribution < 1.29 is 9.21 Å². The Kier molecular flexibility index (Phi) is 6.19. The molecule has 8 heteroatoms. The molecule has 0 atom stereocenters. The van der Waals surface area contributed by atoms with Crippen molar-refractivity contribution in [3.05, 3.63) is 42.2 Å². The molecule has 0 radical (unpaired) electrons. The molecule has 0 unspecified atom stereocenters. The van der Waals surface area contributed by atoms with Gasteiger partial charge in [0.2, 0.25) is 0 Å². The zero-order valence-electron chi connectivity index (χ0n) is 14.4. The average molecular weight is 389 g/mol. The quantitative estimate of drug-likeness (QED) is 0.338.